The summed E-state index contributed by atoms with van der Waals surface area (Å²) in [5.41, 5.74) is 0.317. The molecule has 1 spiro atoms. The van der Waals surface area contributed by atoms with Gasteiger partial charge in [-0.05, 0) is 43.9 Å². The maximum absolute atomic E-state index is 12.6. The van der Waals surface area contributed by atoms with E-state index in [0.29, 0.717) is 24.5 Å². The van der Waals surface area contributed by atoms with Crippen molar-refractivity contribution in [1.29, 1.82) is 0 Å². The highest BCUT2D eigenvalue weighted by atomic mass is 35.5. The van der Waals surface area contributed by atoms with Crippen LogP contribution in [-0.4, -0.2) is 53.4 Å². The van der Waals surface area contributed by atoms with Crippen LogP contribution in [0.15, 0.2) is 24.3 Å². The third-order valence-electron chi connectivity index (χ3n) is 5.79. The zero-order valence-electron chi connectivity index (χ0n) is 16.3. The molecule has 5 amide bonds. The highest BCUT2D eigenvalue weighted by Crippen LogP contribution is 2.35. The second-order valence-electron chi connectivity index (χ2n) is 7.60. The lowest BCUT2D eigenvalue weighted by Crippen LogP contribution is -2.44. The molecule has 0 unspecified atom stereocenters. The molecule has 1 atom stereocenters. The number of amides is 5. The molecule has 152 valence electrons. The molecular formula is C20H27ClN4O3. The molecule has 2 N–H and O–H groups in total. The number of nitrogens with zero attached hydrogens (tertiary/aromatic N) is 2. The van der Waals surface area contributed by atoms with Gasteiger partial charge in [-0.25, -0.2) is 9.59 Å². The number of hydrogen-bond acceptors (Lipinski definition) is 3. The van der Waals surface area contributed by atoms with Crippen LogP contribution in [-0.2, 0) is 4.79 Å². The van der Waals surface area contributed by atoms with Gasteiger partial charge in [0.05, 0.1) is 6.04 Å². The highest BCUT2D eigenvalue weighted by molar-refractivity contribution is 6.30. The van der Waals surface area contributed by atoms with Crippen molar-refractivity contribution in [2.45, 2.75) is 50.6 Å². The van der Waals surface area contributed by atoms with Crippen LogP contribution in [0.4, 0.5) is 9.59 Å². The van der Waals surface area contributed by atoms with Crippen LogP contribution in [0.5, 0.6) is 0 Å². The third kappa shape index (κ3) is 4.09. The fourth-order valence-corrected chi connectivity index (χ4v) is 4.02. The van der Waals surface area contributed by atoms with Gasteiger partial charge in [0.2, 0.25) is 0 Å². The first kappa shape index (κ1) is 20.5. The molecular weight excluding hydrogens is 380 g/mol. The Morgan fingerprint density at radius 2 is 1.93 bits per heavy atom. The molecule has 3 rings (SSSR count). The quantitative estimate of drug-likeness (QED) is 0.561. The van der Waals surface area contributed by atoms with Gasteiger partial charge in [-0.2, -0.15) is 0 Å². The van der Waals surface area contributed by atoms with E-state index >= 15 is 0 Å². The van der Waals surface area contributed by atoms with E-state index in [1.165, 1.54) is 4.90 Å². The third-order valence-corrected chi connectivity index (χ3v) is 6.04. The molecule has 2 fully saturated rings. The molecule has 1 aromatic carbocycles. The first-order valence-corrected chi connectivity index (χ1v) is 10.1. The highest BCUT2D eigenvalue weighted by Gasteiger charge is 2.51. The number of benzene rings is 1. The molecule has 1 aromatic rings. The Morgan fingerprint density at radius 1 is 1.29 bits per heavy atom. The Balaban J connectivity index is 1.44. The Labute approximate surface area is 170 Å². The summed E-state index contributed by atoms with van der Waals surface area (Å²) in [7, 11) is 1.73. The van der Waals surface area contributed by atoms with Crippen molar-refractivity contribution in [1.82, 2.24) is 20.4 Å². The predicted octanol–water partition coefficient (Wildman–Crippen LogP) is 3.30. The standard InChI is InChI=1S/C20H27ClN4O3/c1-14(15-6-8-16(21)9-7-15)24(2)18(27)22-12-5-13-25-17(26)20(23-19(25)28)10-3-4-11-20/h6-9,14H,3-5,10-13H2,1-2H3,(H,22,27)(H,23,28)/t14-/m0/s1. The zero-order chi connectivity index (χ0) is 20.3. The number of rotatable bonds is 6. The van der Waals surface area contributed by atoms with Crippen LogP contribution in [0.2, 0.25) is 5.02 Å². The fourth-order valence-electron chi connectivity index (χ4n) is 3.89. The predicted molar refractivity (Wildman–Crippen MR) is 107 cm³/mol. The largest absolute Gasteiger partial charge is 0.338 e. The van der Waals surface area contributed by atoms with Crippen LogP contribution in [0.25, 0.3) is 0 Å². The lowest BCUT2D eigenvalue weighted by Gasteiger charge is -2.26. The molecule has 1 aliphatic carbocycles. The second kappa shape index (κ2) is 8.39. The summed E-state index contributed by atoms with van der Waals surface area (Å²) in [6, 6.07) is 6.77. The fraction of sp³-hybridized carbons (Fsp3) is 0.550. The van der Waals surface area contributed by atoms with E-state index in [0.717, 1.165) is 31.2 Å². The maximum atomic E-state index is 12.6. The van der Waals surface area contributed by atoms with Gasteiger partial charge in [0.1, 0.15) is 5.54 Å². The van der Waals surface area contributed by atoms with Crippen LogP contribution in [0, 0.1) is 0 Å². The van der Waals surface area contributed by atoms with Gasteiger partial charge in [0.15, 0.2) is 0 Å². The average Bonchev–Trinajstić information content (AvgIpc) is 3.24. The minimum absolute atomic E-state index is 0.106. The molecule has 1 saturated carbocycles. The van der Waals surface area contributed by atoms with Gasteiger partial charge in [-0.15, -0.1) is 0 Å². The number of nitrogens with one attached hydrogen (secondary N) is 2. The van der Waals surface area contributed by atoms with Gasteiger partial charge in [-0.3, -0.25) is 9.69 Å². The van der Waals surface area contributed by atoms with Crippen LogP contribution in [0.3, 0.4) is 0 Å². The maximum Gasteiger partial charge on any atom is 0.325 e. The smallest absolute Gasteiger partial charge is 0.325 e. The summed E-state index contributed by atoms with van der Waals surface area (Å²) in [5, 5.41) is 6.37. The molecule has 0 bridgehead atoms. The second-order valence-corrected chi connectivity index (χ2v) is 8.04. The van der Waals surface area contributed by atoms with Crippen molar-refractivity contribution >= 4 is 29.6 Å². The number of carbonyl (C=O) groups is 3. The minimum atomic E-state index is -0.672. The first-order valence-electron chi connectivity index (χ1n) is 9.74. The first-order chi connectivity index (χ1) is 13.3. The van der Waals surface area contributed by atoms with Crippen molar-refractivity contribution < 1.29 is 14.4 Å². The summed E-state index contributed by atoms with van der Waals surface area (Å²) in [4.78, 5) is 40.0. The Hall–Kier alpha value is -2.28. The van der Waals surface area contributed by atoms with Gasteiger partial charge in [-0.1, -0.05) is 36.6 Å². The van der Waals surface area contributed by atoms with Crippen LogP contribution in [0.1, 0.15) is 50.6 Å². The van der Waals surface area contributed by atoms with E-state index in [4.69, 9.17) is 11.6 Å². The molecule has 0 radical (unpaired) electrons. The molecule has 8 heteroatoms. The van der Waals surface area contributed by atoms with E-state index in [2.05, 4.69) is 10.6 Å². The lowest BCUT2D eigenvalue weighted by molar-refractivity contribution is -0.131. The number of urea groups is 2. The summed E-state index contributed by atoms with van der Waals surface area (Å²) < 4.78 is 0. The summed E-state index contributed by atoms with van der Waals surface area (Å²) in [5.74, 6) is -0.116. The van der Waals surface area contributed by atoms with E-state index < -0.39 is 5.54 Å². The monoisotopic (exact) mass is 406 g/mol. The van der Waals surface area contributed by atoms with Gasteiger partial charge in [0, 0.05) is 25.2 Å². The number of hydrogen-bond donors (Lipinski definition) is 2. The molecule has 1 heterocycles. The molecule has 7 nitrogen and oxygen atoms in total. The van der Waals surface area contributed by atoms with E-state index in [9.17, 15) is 14.4 Å². The number of halogens is 1. The van der Waals surface area contributed by atoms with Gasteiger partial charge < -0.3 is 15.5 Å². The van der Waals surface area contributed by atoms with Crippen molar-refractivity contribution in [2.24, 2.45) is 0 Å². The van der Waals surface area contributed by atoms with Crippen molar-refractivity contribution in [3.8, 4) is 0 Å². The number of carbonyl (C=O) groups excluding carboxylic acids is 3. The van der Waals surface area contributed by atoms with Crippen LogP contribution >= 0.6 is 11.6 Å². The Kier molecular flexibility index (Phi) is 6.13. The summed E-state index contributed by atoms with van der Waals surface area (Å²) >= 11 is 5.91. The Morgan fingerprint density at radius 3 is 2.57 bits per heavy atom. The van der Waals surface area contributed by atoms with E-state index in [1.54, 1.807) is 24.1 Å². The minimum Gasteiger partial charge on any atom is -0.338 e. The number of imide groups is 1. The van der Waals surface area contributed by atoms with Gasteiger partial charge >= 0.3 is 12.1 Å². The Bertz CT molecular complexity index is 746. The van der Waals surface area contributed by atoms with E-state index in [-0.39, 0.29) is 24.0 Å². The molecule has 28 heavy (non-hydrogen) atoms. The topological polar surface area (TPSA) is 81.8 Å². The van der Waals surface area contributed by atoms with Gasteiger partial charge in [0.25, 0.3) is 5.91 Å². The van der Waals surface area contributed by atoms with E-state index in [1.807, 2.05) is 19.1 Å². The van der Waals surface area contributed by atoms with Crippen molar-refractivity contribution in [2.75, 3.05) is 20.1 Å². The molecule has 1 aliphatic heterocycles. The molecule has 1 saturated heterocycles. The summed E-state index contributed by atoms with van der Waals surface area (Å²) in [6.45, 7) is 2.64. The van der Waals surface area contributed by atoms with Crippen LogP contribution < -0.4 is 10.6 Å². The average molecular weight is 407 g/mol. The molecule has 0 aromatic heterocycles. The molecule has 2 aliphatic rings. The SMILES string of the molecule is C[C@@H](c1ccc(Cl)cc1)N(C)C(=O)NCCCN1C(=O)NC2(CCCC2)C1=O. The zero-order valence-corrected chi connectivity index (χ0v) is 17.1. The lowest BCUT2D eigenvalue weighted by atomic mass is 9.98. The van der Waals surface area contributed by atoms with Crippen molar-refractivity contribution in [3.63, 3.8) is 0 Å². The summed E-state index contributed by atoms with van der Waals surface area (Å²) in [6.07, 6.45) is 3.89. The van der Waals surface area contributed by atoms with Crippen molar-refractivity contribution in [3.05, 3.63) is 34.9 Å². The normalized spacial score (nSPS) is 19.0.